The van der Waals surface area contributed by atoms with Gasteiger partial charge in [-0.2, -0.15) is 9.97 Å². The number of hydrogen-bond donors (Lipinski definition) is 1. The minimum absolute atomic E-state index is 0.229. The fourth-order valence-electron chi connectivity index (χ4n) is 1.82. The lowest BCUT2D eigenvalue weighted by molar-refractivity contribution is 0.340. The van der Waals surface area contributed by atoms with Crippen molar-refractivity contribution in [3.8, 4) is 12.0 Å². The summed E-state index contributed by atoms with van der Waals surface area (Å²) in [5, 5.41) is 0. The van der Waals surface area contributed by atoms with Crippen molar-refractivity contribution < 1.29 is 9.47 Å². The Morgan fingerprint density at radius 2 is 1.57 bits per heavy atom. The topological polar surface area (TPSA) is 86.4 Å². The van der Waals surface area contributed by atoms with E-state index in [9.17, 15) is 0 Å². The Kier molecular flexibility index (Phi) is 4.76. The van der Waals surface area contributed by atoms with Crippen LogP contribution in [-0.4, -0.2) is 35.7 Å². The average molecular weight is 289 g/mol. The Morgan fingerprint density at radius 3 is 2.05 bits per heavy atom. The summed E-state index contributed by atoms with van der Waals surface area (Å²) >= 11 is 0. The molecule has 0 atom stereocenters. The third kappa shape index (κ3) is 3.71. The van der Waals surface area contributed by atoms with E-state index in [0.29, 0.717) is 12.5 Å². The number of rotatable bonds is 6. The normalized spacial score (nSPS) is 10.2. The second kappa shape index (κ2) is 6.74. The summed E-state index contributed by atoms with van der Waals surface area (Å²) in [7, 11) is 3.02. The predicted octanol–water partition coefficient (Wildman–Crippen LogP) is 1.50. The van der Waals surface area contributed by atoms with Crippen molar-refractivity contribution in [2.45, 2.75) is 13.5 Å². The van der Waals surface area contributed by atoms with Crippen molar-refractivity contribution in [2.24, 2.45) is 0 Å². The van der Waals surface area contributed by atoms with Crippen LogP contribution in [-0.2, 0) is 6.54 Å². The highest BCUT2D eigenvalue weighted by Crippen LogP contribution is 2.18. The van der Waals surface area contributed by atoms with Crippen LogP contribution in [0.3, 0.4) is 0 Å². The molecule has 0 unspecified atom stereocenters. The molecule has 0 aliphatic carbocycles. The van der Waals surface area contributed by atoms with Crippen LogP contribution in [0, 0.1) is 0 Å². The first-order chi connectivity index (χ1) is 10.2. The third-order valence-electron chi connectivity index (χ3n) is 2.97. The van der Waals surface area contributed by atoms with Gasteiger partial charge in [-0.1, -0.05) is 12.1 Å². The van der Waals surface area contributed by atoms with Crippen molar-refractivity contribution in [3.63, 3.8) is 0 Å². The van der Waals surface area contributed by atoms with Gasteiger partial charge in [0.15, 0.2) is 0 Å². The maximum absolute atomic E-state index is 5.70. The molecule has 1 heterocycles. The Morgan fingerprint density at radius 1 is 1.00 bits per heavy atom. The fraction of sp³-hybridized carbons (Fsp3) is 0.357. The molecular weight excluding hydrogens is 270 g/mol. The molecule has 7 nitrogen and oxygen atoms in total. The lowest BCUT2D eigenvalue weighted by atomic mass is 10.2. The summed E-state index contributed by atoms with van der Waals surface area (Å²) in [6, 6.07) is 8.16. The van der Waals surface area contributed by atoms with Crippen molar-refractivity contribution >= 4 is 11.6 Å². The van der Waals surface area contributed by atoms with Gasteiger partial charge in [-0.05, 0) is 24.6 Å². The highest BCUT2D eigenvalue weighted by molar-refractivity contribution is 5.41. The fourth-order valence-corrected chi connectivity index (χ4v) is 1.82. The Balaban J connectivity index is 2.25. The molecule has 7 heteroatoms. The van der Waals surface area contributed by atoms with Crippen molar-refractivity contribution in [2.75, 3.05) is 31.4 Å². The van der Waals surface area contributed by atoms with E-state index in [1.807, 2.05) is 36.1 Å². The molecule has 1 aromatic carbocycles. The Bertz CT molecular complexity index is 566. The number of hydrogen-bond acceptors (Lipinski definition) is 7. The number of benzene rings is 1. The largest absolute Gasteiger partial charge is 0.467 e. The van der Waals surface area contributed by atoms with E-state index in [0.717, 1.165) is 17.8 Å². The second-order valence-electron chi connectivity index (χ2n) is 4.36. The first kappa shape index (κ1) is 14.8. The maximum atomic E-state index is 5.70. The van der Waals surface area contributed by atoms with Gasteiger partial charge in [0.05, 0.1) is 14.2 Å². The lowest BCUT2D eigenvalue weighted by Gasteiger charge is -2.21. The van der Waals surface area contributed by atoms with Crippen LogP contribution < -0.4 is 20.1 Å². The molecule has 0 saturated heterocycles. The average Bonchev–Trinajstić information content (AvgIpc) is 2.53. The zero-order valence-electron chi connectivity index (χ0n) is 12.4. The van der Waals surface area contributed by atoms with Gasteiger partial charge in [-0.3, -0.25) is 0 Å². The van der Waals surface area contributed by atoms with Gasteiger partial charge in [0.2, 0.25) is 5.95 Å². The number of ether oxygens (including phenoxy) is 2. The van der Waals surface area contributed by atoms with Crippen LogP contribution in [0.4, 0.5) is 11.6 Å². The third-order valence-corrected chi connectivity index (χ3v) is 2.97. The molecule has 2 aromatic rings. The second-order valence-corrected chi connectivity index (χ2v) is 4.36. The van der Waals surface area contributed by atoms with Gasteiger partial charge in [-0.15, -0.1) is 4.98 Å². The van der Waals surface area contributed by atoms with Gasteiger partial charge in [-0.25, -0.2) is 0 Å². The number of nitrogens with zero attached hydrogens (tertiary/aromatic N) is 4. The Hall–Kier alpha value is -2.57. The lowest BCUT2D eigenvalue weighted by Crippen LogP contribution is -2.24. The summed E-state index contributed by atoms with van der Waals surface area (Å²) in [6.07, 6.45) is 0. The standard InChI is InChI=1S/C14H19N5O2/c1-4-19(9-10-5-7-11(15)8-6-10)12-16-13(20-2)18-14(17-12)21-3/h5-8H,4,9,15H2,1-3H3. The monoisotopic (exact) mass is 289 g/mol. The molecule has 0 fully saturated rings. The molecule has 0 spiro atoms. The van der Waals surface area contributed by atoms with Crippen LogP contribution in [0.5, 0.6) is 12.0 Å². The zero-order valence-corrected chi connectivity index (χ0v) is 12.4. The number of anilines is 2. The van der Waals surface area contributed by atoms with Crippen LogP contribution in [0.15, 0.2) is 24.3 Å². The van der Waals surface area contributed by atoms with Crippen LogP contribution in [0.2, 0.25) is 0 Å². The maximum Gasteiger partial charge on any atom is 0.324 e. The summed E-state index contributed by atoms with van der Waals surface area (Å²) in [5.74, 6) is 0.512. The van der Waals surface area contributed by atoms with Gasteiger partial charge >= 0.3 is 12.0 Å². The first-order valence-electron chi connectivity index (χ1n) is 6.59. The SMILES string of the molecule is CCN(Cc1ccc(N)cc1)c1nc(OC)nc(OC)n1. The minimum Gasteiger partial charge on any atom is -0.467 e. The van der Waals surface area contributed by atoms with E-state index in [1.54, 1.807) is 0 Å². The van der Waals surface area contributed by atoms with Gasteiger partial charge in [0.1, 0.15) is 0 Å². The van der Waals surface area contributed by atoms with Gasteiger partial charge in [0.25, 0.3) is 0 Å². The van der Waals surface area contributed by atoms with Crippen LogP contribution in [0.1, 0.15) is 12.5 Å². The molecule has 0 saturated carbocycles. The molecule has 0 aliphatic rings. The van der Waals surface area contributed by atoms with E-state index in [4.69, 9.17) is 15.2 Å². The number of aromatic nitrogens is 3. The van der Waals surface area contributed by atoms with E-state index in [2.05, 4.69) is 15.0 Å². The first-order valence-corrected chi connectivity index (χ1v) is 6.59. The summed E-state index contributed by atoms with van der Waals surface area (Å²) < 4.78 is 10.1. The van der Waals surface area contributed by atoms with E-state index in [-0.39, 0.29) is 12.0 Å². The molecule has 2 rings (SSSR count). The predicted molar refractivity (Wildman–Crippen MR) is 80.5 cm³/mol. The van der Waals surface area contributed by atoms with Gasteiger partial charge in [0, 0.05) is 18.8 Å². The van der Waals surface area contributed by atoms with Crippen molar-refractivity contribution in [3.05, 3.63) is 29.8 Å². The van der Waals surface area contributed by atoms with E-state index in [1.165, 1.54) is 14.2 Å². The summed E-state index contributed by atoms with van der Waals surface area (Å²) in [6.45, 7) is 3.42. The van der Waals surface area contributed by atoms with Crippen LogP contribution >= 0.6 is 0 Å². The zero-order chi connectivity index (χ0) is 15.2. The molecule has 0 radical (unpaired) electrons. The smallest absolute Gasteiger partial charge is 0.324 e. The molecule has 0 bridgehead atoms. The van der Waals surface area contributed by atoms with E-state index >= 15 is 0 Å². The van der Waals surface area contributed by atoms with Crippen LogP contribution in [0.25, 0.3) is 0 Å². The highest BCUT2D eigenvalue weighted by atomic mass is 16.5. The molecule has 0 aliphatic heterocycles. The molecule has 0 amide bonds. The van der Waals surface area contributed by atoms with Gasteiger partial charge < -0.3 is 20.1 Å². The van der Waals surface area contributed by atoms with Crippen molar-refractivity contribution in [1.29, 1.82) is 0 Å². The molecular formula is C14H19N5O2. The molecule has 112 valence electrons. The molecule has 2 N–H and O–H groups in total. The molecule has 1 aromatic heterocycles. The molecule has 21 heavy (non-hydrogen) atoms. The summed E-state index contributed by atoms with van der Waals surface area (Å²) in [4.78, 5) is 14.5. The Labute approximate surface area is 123 Å². The minimum atomic E-state index is 0.229. The summed E-state index contributed by atoms with van der Waals surface area (Å²) in [5.41, 5.74) is 7.55. The van der Waals surface area contributed by atoms with Crippen molar-refractivity contribution in [1.82, 2.24) is 15.0 Å². The quantitative estimate of drug-likeness (QED) is 0.806. The number of nitrogen functional groups attached to an aromatic ring is 1. The highest BCUT2D eigenvalue weighted by Gasteiger charge is 2.13. The number of methoxy groups -OCH3 is 2. The van der Waals surface area contributed by atoms with E-state index < -0.39 is 0 Å². The number of nitrogens with two attached hydrogens (primary N) is 1.